The molecule has 7 heteroatoms. The van der Waals surface area contributed by atoms with Crippen LogP contribution in [0.1, 0.15) is 30.3 Å². The Morgan fingerprint density at radius 1 is 1.06 bits per heavy atom. The van der Waals surface area contributed by atoms with E-state index < -0.39 is 0 Å². The number of methoxy groups -OCH3 is 2. The fourth-order valence-corrected chi connectivity index (χ4v) is 3.83. The fourth-order valence-electron chi connectivity index (χ4n) is 3.83. The zero-order valence-electron chi connectivity index (χ0n) is 17.9. The van der Waals surface area contributed by atoms with Gasteiger partial charge in [0.1, 0.15) is 11.5 Å². The molecule has 0 bridgehead atoms. The van der Waals surface area contributed by atoms with Crippen molar-refractivity contribution in [1.29, 1.82) is 0 Å². The normalized spacial score (nSPS) is 14.5. The Morgan fingerprint density at radius 2 is 1.71 bits per heavy atom. The highest BCUT2D eigenvalue weighted by molar-refractivity contribution is 6.01. The molecule has 1 fully saturated rings. The summed E-state index contributed by atoms with van der Waals surface area (Å²) >= 11 is 0. The third-order valence-electron chi connectivity index (χ3n) is 5.73. The SMILES string of the molecule is COc1cc2nc(C(=O)N3CCC(C)CC3)cc(Nc3ccc(F)cc3)c2cc1OC. The van der Waals surface area contributed by atoms with E-state index in [9.17, 15) is 9.18 Å². The number of hydrogen-bond donors (Lipinski definition) is 1. The highest BCUT2D eigenvalue weighted by Crippen LogP contribution is 2.36. The van der Waals surface area contributed by atoms with E-state index in [-0.39, 0.29) is 11.7 Å². The molecule has 1 aliphatic rings. The minimum atomic E-state index is -0.313. The third-order valence-corrected chi connectivity index (χ3v) is 5.73. The summed E-state index contributed by atoms with van der Waals surface area (Å²) < 4.78 is 24.2. The molecule has 4 rings (SSSR count). The largest absolute Gasteiger partial charge is 0.493 e. The van der Waals surface area contributed by atoms with Crippen molar-refractivity contribution in [2.45, 2.75) is 19.8 Å². The Morgan fingerprint density at radius 3 is 2.35 bits per heavy atom. The Kier molecular flexibility index (Phi) is 5.93. The number of piperidine rings is 1. The predicted molar refractivity (Wildman–Crippen MR) is 119 cm³/mol. The molecule has 1 aromatic heterocycles. The van der Waals surface area contributed by atoms with Crippen molar-refractivity contribution in [2.75, 3.05) is 32.6 Å². The number of carbonyl (C=O) groups is 1. The number of fused-ring (bicyclic) bond motifs is 1. The number of anilines is 2. The molecule has 0 atom stereocenters. The highest BCUT2D eigenvalue weighted by atomic mass is 19.1. The molecule has 0 unspecified atom stereocenters. The van der Waals surface area contributed by atoms with E-state index in [4.69, 9.17) is 9.47 Å². The van der Waals surface area contributed by atoms with E-state index in [0.29, 0.717) is 40.0 Å². The van der Waals surface area contributed by atoms with Crippen LogP contribution in [0.25, 0.3) is 10.9 Å². The summed E-state index contributed by atoms with van der Waals surface area (Å²) in [6.07, 6.45) is 1.98. The number of likely N-dealkylation sites (tertiary alicyclic amines) is 1. The van der Waals surface area contributed by atoms with Crippen molar-refractivity contribution >= 4 is 28.2 Å². The van der Waals surface area contributed by atoms with Crippen molar-refractivity contribution in [3.63, 3.8) is 0 Å². The first-order valence-corrected chi connectivity index (χ1v) is 10.4. The van der Waals surface area contributed by atoms with Gasteiger partial charge in [0.25, 0.3) is 5.91 Å². The lowest BCUT2D eigenvalue weighted by Gasteiger charge is -2.30. The molecule has 0 radical (unpaired) electrons. The lowest BCUT2D eigenvalue weighted by atomic mass is 9.99. The first-order chi connectivity index (χ1) is 15.0. The molecule has 1 N–H and O–H groups in total. The number of nitrogens with one attached hydrogen (secondary N) is 1. The van der Waals surface area contributed by atoms with E-state index in [1.165, 1.54) is 12.1 Å². The molecular weight excluding hydrogens is 397 g/mol. The van der Waals surface area contributed by atoms with Crippen LogP contribution in [0.5, 0.6) is 11.5 Å². The molecule has 2 aromatic carbocycles. The Bertz CT molecular complexity index is 1090. The van der Waals surface area contributed by atoms with Crippen LogP contribution in [-0.2, 0) is 0 Å². The van der Waals surface area contributed by atoms with Gasteiger partial charge in [0.2, 0.25) is 0 Å². The Hall–Kier alpha value is -3.35. The van der Waals surface area contributed by atoms with Crippen molar-refractivity contribution in [3.05, 3.63) is 54.0 Å². The van der Waals surface area contributed by atoms with Gasteiger partial charge in [-0.2, -0.15) is 0 Å². The summed E-state index contributed by atoms with van der Waals surface area (Å²) in [7, 11) is 3.13. The summed E-state index contributed by atoms with van der Waals surface area (Å²) in [6.45, 7) is 3.67. The van der Waals surface area contributed by atoms with Gasteiger partial charge < -0.3 is 19.7 Å². The van der Waals surface area contributed by atoms with E-state index in [1.807, 2.05) is 11.0 Å². The average Bonchev–Trinajstić information content (AvgIpc) is 2.79. The van der Waals surface area contributed by atoms with Crippen LogP contribution < -0.4 is 14.8 Å². The van der Waals surface area contributed by atoms with Crippen molar-refractivity contribution in [2.24, 2.45) is 5.92 Å². The number of hydrogen-bond acceptors (Lipinski definition) is 5. The minimum Gasteiger partial charge on any atom is -0.493 e. The number of aromatic nitrogens is 1. The quantitative estimate of drug-likeness (QED) is 0.625. The van der Waals surface area contributed by atoms with E-state index in [1.54, 1.807) is 38.5 Å². The van der Waals surface area contributed by atoms with Crippen molar-refractivity contribution in [3.8, 4) is 11.5 Å². The van der Waals surface area contributed by atoms with Gasteiger partial charge in [-0.05, 0) is 55.2 Å². The second-order valence-electron chi connectivity index (χ2n) is 7.89. The summed E-state index contributed by atoms with van der Waals surface area (Å²) in [5.41, 5.74) is 2.36. The van der Waals surface area contributed by atoms with Crippen molar-refractivity contribution in [1.82, 2.24) is 9.88 Å². The summed E-state index contributed by atoms with van der Waals surface area (Å²) in [6, 6.07) is 11.4. The molecule has 0 spiro atoms. The molecule has 1 amide bonds. The maximum absolute atomic E-state index is 13.3. The molecule has 3 aromatic rings. The summed E-state index contributed by atoms with van der Waals surface area (Å²) in [5, 5.41) is 4.06. The molecule has 2 heterocycles. The molecule has 1 aliphatic heterocycles. The van der Waals surface area contributed by atoms with Crippen LogP contribution in [0.3, 0.4) is 0 Å². The van der Waals surface area contributed by atoms with Crippen LogP contribution >= 0.6 is 0 Å². The predicted octanol–water partition coefficient (Wildman–Crippen LogP) is 5.01. The molecular formula is C24H26FN3O3. The van der Waals surface area contributed by atoms with Crippen LogP contribution in [0, 0.1) is 11.7 Å². The summed E-state index contributed by atoms with van der Waals surface area (Å²) in [4.78, 5) is 19.7. The van der Waals surface area contributed by atoms with E-state index >= 15 is 0 Å². The average molecular weight is 423 g/mol. The number of pyridine rings is 1. The van der Waals surface area contributed by atoms with Gasteiger partial charge in [0, 0.05) is 30.2 Å². The molecule has 0 aliphatic carbocycles. The Labute approximate surface area is 181 Å². The van der Waals surface area contributed by atoms with Crippen LogP contribution in [0.4, 0.5) is 15.8 Å². The summed E-state index contributed by atoms with van der Waals surface area (Å²) in [5.74, 6) is 1.31. The first kappa shape index (κ1) is 20.9. The van der Waals surface area contributed by atoms with Crippen LogP contribution in [-0.4, -0.2) is 43.1 Å². The minimum absolute atomic E-state index is 0.0919. The van der Waals surface area contributed by atoms with Gasteiger partial charge in [-0.25, -0.2) is 9.37 Å². The number of carbonyl (C=O) groups excluding carboxylic acids is 1. The van der Waals surface area contributed by atoms with Gasteiger partial charge in [-0.15, -0.1) is 0 Å². The second-order valence-corrected chi connectivity index (χ2v) is 7.89. The monoisotopic (exact) mass is 423 g/mol. The number of amides is 1. The number of rotatable bonds is 5. The van der Waals surface area contributed by atoms with E-state index in [2.05, 4.69) is 17.2 Å². The van der Waals surface area contributed by atoms with Gasteiger partial charge in [-0.1, -0.05) is 6.92 Å². The number of benzene rings is 2. The van der Waals surface area contributed by atoms with E-state index in [0.717, 1.165) is 31.3 Å². The lowest BCUT2D eigenvalue weighted by Crippen LogP contribution is -2.38. The molecule has 0 saturated carbocycles. The highest BCUT2D eigenvalue weighted by Gasteiger charge is 2.24. The fraction of sp³-hybridized carbons (Fsp3) is 0.333. The van der Waals surface area contributed by atoms with Gasteiger partial charge in [0.15, 0.2) is 11.5 Å². The second kappa shape index (κ2) is 8.79. The molecule has 162 valence electrons. The van der Waals surface area contributed by atoms with Crippen LogP contribution in [0.2, 0.25) is 0 Å². The van der Waals surface area contributed by atoms with Gasteiger partial charge in [-0.3, -0.25) is 4.79 Å². The zero-order valence-corrected chi connectivity index (χ0v) is 17.9. The molecule has 1 saturated heterocycles. The number of nitrogens with zero attached hydrogens (tertiary/aromatic N) is 2. The lowest BCUT2D eigenvalue weighted by molar-refractivity contribution is 0.0691. The topological polar surface area (TPSA) is 63.7 Å². The molecule has 31 heavy (non-hydrogen) atoms. The first-order valence-electron chi connectivity index (χ1n) is 10.4. The standard InChI is InChI=1S/C24H26FN3O3/c1-15-8-10-28(11-9-15)24(29)21-13-19(26-17-6-4-16(25)5-7-17)18-12-22(30-2)23(31-3)14-20(18)27-21/h4-7,12-15H,8-11H2,1-3H3,(H,26,27). The maximum atomic E-state index is 13.3. The number of ether oxygens (including phenoxy) is 2. The third kappa shape index (κ3) is 4.40. The number of halogens is 1. The maximum Gasteiger partial charge on any atom is 0.272 e. The Balaban J connectivity index is 1.79. The molecule has 6 nitrogen and oxygen atoms in total. The van der Waals surface area contributed by atoms with Crippen LogP contribution in [0.15, 0.2) is 42.5 Å². The zero-order chi connectivity index (χ0) is 22.0. The van der Waals surface area contributed by atoms with Gasteiger partial charge in [0.05, 0.1) is 25.4 Å². The smallest absolute Gasteiger partial charge is 0.272 e. The van der Waals surface area contributed by atoms with Crippen molar-refractivity contribution < 1.29 is 18.7 Å². The van der Waals surface area contributed by atoms with Gasteiger partial charge >= 0.3 is 0 Å².